The minimum absolute atomic E-state index is 0.00711. The molecule has 2 aromatic rings. The van der Waals surface area contributed by atoms with Crippen LogP contribution in [-0.2, 0) is 7.05 Å². The average Bonchev–Trinajstić information content (AvgIpc) is 2.60. The van der Waals surface area contributed by atoms with Gasteiger partial charge in [-0.15, -0.1) is 0 Å². The van der Waals surface area contributed by atoms with Crippen molar-refractivity contribution in [2.24, 2.45) is 7.05 Å². The fourth-order valence-corrected chi connectivity index (χ4v) is 1.87. The number of nitro groups is 1. The molecule has 0 aliphatic carbocycles. The highest BCUT2D eigenvalue weighted by Gasteiger charge is 2.15. The van der Waals surface area contributed by atoms with Crippen LogP contribution >= 0.6 is 15.9 Å². The predicted molar refractivity (Wildman–Crippen MR) is 72.0 cm³/mol. The first-order valence-electron chi connectivity index (χ1n) is 5.19. The first kappa shape index (κ1) is 12.6. The molecule has 0 aliphatic rings. The van der Waals surface area contributed by atoms with E-state index in [4.69, 9.17) is 0 Å². The minimum atomic E-state index is -0.428. The molecule has 1 aromatic heterocycles. The second-order valence-electron chi connectivity index (χ2n) is 3.84. The van der Waals surface area contributed by atoms with Crippen LogP contribution in [0.5, 0.6) is 0 Å². The van der Waals surface area contributed by atoms with Crippen LogP contribution in [0.4, 0.5) is 17.2 Å². The van der Waals surface area contributed by atoms with Gasteiger partial charge in [-0.25, -0.2) is 0 Å². The Hall–Kier alpha value is -1.89. The van der Waals surface area contributed by atoms with Gasteiger partial charge in [0.25, 0.3) is 5.69 Å². The fraction of sp³-hybridized carbons (Fsp3) is 0.182. The van der Waals surface area contributed by atoms with Gasteiger partial charge < -0.3 is 5.32 Å². The van der Waals surface area contributed by atoms with Gasteiger partial charge in [0.1, 0.15) is 5.69 Å². The molecule has 94 valence electrons. The zero-order valence-corrected chi connectivity index (χ0v) is 11.4. The van der Waals surface area contributed by atoms with E-state index in [1.165, 1.54) is 6.07 Å². The topological polar surface area (TPSA) is 73.0 Å². The predicted octanol–water partition coefficient (Wildman–Crippen LogP) is 3.14. The van der Waals surface area contributed by atoms with E-state index >= 15 is 0 Å². The van der Waals surface area contributed by atoms with Crippen molar-refractivity contribution < 1.29 is 4.92 Å². The first-order valence-corrected chi connectivity index (χ1v) is 5.98. The van der Waals surface area contributed by atoms with Gasteiger partial charge in [0, 0.05) is 29.3 Å². The maximum atomic E-state index is 11.0. The molecule has 18 heavy (non-hydrogen) atoms. The normalized spacial score (nSPS) is 10.4. The van der Waals surface area contributed by atoms with Crippen LogP contribution in [-0.4, -0.2) is 14.7 Å². The number of rotatable bonds is 3. The molecule has 0 fully saturated rings. The second kappa shape index (κ2) is 4.77. The van der Waals surface area contributed by atoms with Gasteiger partial charge in [-0.1, -0.05) is 15.9 Å². The quantitative estimate of drug-likeness (QED) is 0.698. The molecular formula is C11H11BrN4O2. The highest BCUT2D eigenvalue weighted by molar-refractivity contribution is 9.10. The van der Waals surface area contributed by atoms with E-state index in [1.54, 1.807) is 16.8 Å². The van der Waals surface area contributed by atoms with Gasteiger partial charge in [0.2, 0.25) is 0 Å². The van der Waals surface area contributed by atoms with E-state index in [-0.39, 0.29) is 5.69 Å². The zero-order chi connectivity index (χ0) is 13.3. The van der Waals surface area contributed by atoms with Crippen LogP contribution < -0.4 is 5.32 Å². The monoisotopic (exact) mass is 310 g/mol. The molecule has 0 aliphatic heterocycles. The largest absolute Gasteiger partial charge is 0.333 e. The van der Waals surface area contributed by atoms with Crippen LogP contribution in [0, 0.1) is 17.0 Å². The lowest BCUT2D eigenvalue weighted by atomic mass is 10.2. The summed E-state index contributed by atoms with van der Waals surface area (Å²) in [5.41, 5.74) is 1.39. The molecule has 0 spiro atoms. The number of halogens is 1. The van der Waals surface area contributed by atoms with E-state index in [2.05, 4.69) is 26.3 Å². The zero-order valence-electron chi connectivity index (χ0n) is 9.85. The van der Waals surface area contributed by atoms with E-state index < -0.39 is 4.92 Å². The average molecular weight is 311 g/mol. The van der Waals surface area contributed by atoms with Gasteiger partial charge >= 0.3 is 0 Å². The van der Waals surface area contributed by atoms with Crippen LogP contribution in [0.25, 0.3) is 0 Å². The van der Waals surface area contributed by atoms with Gasteiger partial charge in [0.05, 0.1) is 4.92 Å². The molecule has 1 aromatic carbocycles. The Bertz CT molecular complexity index is 590. The van der Waals surface area contributed by atoms with Gasteiger partial charge in [-0.3, -0.25) is 14.8 Å². The molecule has 0 amide bonds. The summed E-state index contributed by atoms with van der Waals surface area (Å²) in [4.78, 5) is 10.5. The molecule has 0 unspecified atom stereocenters. The van der Waals surface area contributed by atoms with E-state index in [1.807, 2.05) is 20.0 Å². The second-order valence-corrected chi connectivity index (χ2v) is 4.75. The summed E-state index contributed by atoms with van der Waals surface area (Å²) < 4.78 is 2.37. The van der Waals surface area contributed by atoms with Crippen molar-refractivity contribution in [3.63, 3.8) is 0 Å². The summed E-state index contributed by atoms with van der Waals surface area (Å²) in [6.07, 6.45) is 0. The van der Waals surface area contributed by atoms with Crippen LogP contribution in [0.3, 0.4) is 0 Å². The van der Waals surface area contributed by atoms with Crippen LogP contribution in [0.2, 0.25) is 0 Å². The number of aryl methyl sites for hydroxylation is 2. The Morgan fingerprint density at radius 3 is 2.72 bits per heavy atom. The number of aromatic nitrogens is 2. The van der Waals surface area contributed by atoms with E-state index in [0.29, 0.717) is 16.0 Å². The smallest absolute Gasteiger partial charge is 0.293 e. The van der Waals surface area contributed by atoms with Crippen molar-refractivity contribution in [3.05, 3.63) is 44.5 Å². The summed E-state index contributed by atoms with van der Waals surface area (Å²) in [6, 6.07) is 6.67. The molecular weight excluding hydrogens is 300 g/mol. The standard InChI is InChI=1S/C11H11BrN4O2/c1-7-5-11(14-15(7)2)13-9-4-3-8(12)6-10(9)16(17)18/h3-6H,1-2H3,(H,13,14). The summed E-state index contributed by atoms with van der Waals surface area (Å²) in [5.74, 6) is 0.584. The molecule has 1 N–H and O–H groups in total. The molecule has 1 heterocycles. The van der Waals surface area contributed by atoms with Crippen molar-refractivity contribution in [3.8, 4) is 0 Å². The molecule has 2 rings (SSSR count). The number of benzene rings is 1. The molecule has 7 heteroatoms. The van der Waals surface area contributed by atoms with Crippen molar-refractivity contribution in [1.29, 1.82) is 0 Å². The number of hydrogen-bond donors (Lipinski definition) is 1. The lowest BCUT2D eigenvalue weighted by Crippen LogP contribution is -1.98. The third kappa shape index (κ3) is 2.51. The Balaban J connectivity index is 2.36. The fourth-order valence-electron chi connectivity index (χ4n) is 1.52. The number of nitrogens with one attached hydrogen (secondary N) is 1. The van der Waals surface area contributed by atoms with Crippen molar-refractivity contribution >= 4 is 33.1 Å². The molecule has 0 saturated heterocycles. The summed E-state index contributed by atoms with van der Waals surface area (Å²) in [5, 5.41) is 18.1. The van der Waals surface area contributed by atoms with Crippen LogP contribution in [0.1, 0.15) is 5.69 Å². The Labute approximate surface area is 112 Å². The lowest BCUT2D eigenvalue weighted by Gasteiger charge is -2.04. The third-order valence-electron chi connectivity index (χ3n) is 2.53. The summed E-state index contributed by atoms with van der Waals surface area (Å²) in [7, 11) is 1.82. The molecule has 6 nitrogen and oxygen atoms in total. The highest BCUT2D eigenvalue weighted by atomic mass is 79.9. The number of nitrogens with zero attached hydrogens (tertiary/aromatic N) is 3. The summed E-state index contributed by atoms with van der Waals surface area (Å²) in [6.45, 7) is 1.91. The number of anilines is 2. The summed E-state index contributed by atoms with van der Waals surface area (Å²) >= 11 is 3.21. The minimum Gasteiger partial charge on any atom is -0.333 e. The molecule has 0 saturated carbocycles. The number of hydrogen-bond acceptors (Lipinski definition) is 4. The molecule has 0 atom stereocenters. The SMILES string of the molecule is Cc1cc(Nc2ccc(Br)cc2[N+](=O)[O-])nn1C. The van der Waals surface area contributed by atoms with Crippen LogP contribution in [0.15, 0.2) is 28.7 Å². The van der Waals surface area contributed by atoms with Crippen molar-refractivity contribution in [2.75, 3.05) is 5.32 Å². The third-order valence-corrected chi connectivity index (χ3v) is 3.03. The molecule has 0 bridgehead atoms. The van der Waals surface area contributed by atoms with Gasteiger partial charge in [-0.2, -0.15) is 5.10 Å². The van der Waals surface area contributed by atoms with E-state index in [0.717, 1.165) is 5.69 Å². The van der Waals surface area contributed by atoms with Crippen molar-refractivity contribution in [2.45, 2.75) is 6.92 Å². The Morgan fingerprint density at radius 1 is 1.44 bits per heavy atom. The number of nitro benzene ring substituents is 1. The maximum absolute atomic E-state index is 11.0. The lowest BCUT2D eigenvalue weighted by molar-refractivity contribution is -0.384. The van der Waals surface area contributed by atoms with Crippen molar-refractivity contribution in [1.82, 2.24) is 9.78 Å². The highest BCUT2D eigenvalue weighted by Crippen LogP contribution is 2.30. The van der Waals surface area contributed by atoms with E-state index in [9.17, 15) is 10.1 Å². The molecule has 0 radical (unpaired) electrons. The maximum Gasteiger partial charge on any atom is 0.293 e. The van der Waals surface area contributed by atoms with Gasteiger partial charge in [-0.05, 0) is 19.1 Å². The van der Waals surface area contributed by atoms with Gasteiger partial charge in [0.15, 0.2) is 5.82 Å². The first-order chi connectivity index (χ1) is 8.47. The Morgan fingerprint density at radius 2 is 2.17 bits per heavy atom. The Kier molecular flexibility index (Phi) is 3.33.